The van der Waals surface area contributed by atoms with Gasteiger partial charge in [-0.15, -0.1) is 11.8 Å². The molecule has 7 heteroatoms. The number of halogens is 1. The van der Waals surface area contributed by atoms with Gasteiger partial charge in [0.05, 0.1) is 28.9 Å². The largest absolute Gasteiger partial charge is 0.388 e. The molecule has 1 spiro atoms. The first-order valence-corrected chi connectivity index (χ1v) is 10.5. The Labute approximate surface area is 157 Å². The maximum Gasteiger partial charge on any atom is 0.225 e. The van der Waals surface area contributed by atoms with E-state index in [9.17, 15) is 9.90 Å². The van der Waals surface area contributed by atoms with E-state index in [-0.39, 0.29) is 22.6 Å². The van der Waals surface area contributed by atoms with E-state index in [1.54, 1.807) is 0 Å². The third kappa shape index (κ3) is 1.75. The molecule has 2 aliphatic carbocycles. The van der Waals surface area contributed by atoms with Gasteiger partial charge < -0.3 is 20.7 Å². The van der Waals surface area contributed by atoms with Crippen LogP contribution >= 0.6 is 27.7 Å². The van der Waals surface area contributed by atoms with Gasteiger partial charge in [-0.25, -0.2) is 0 Å². The summed E-state index contributed by atoms with van der Waals surface area (Å²) in [6, 6.07) is 0.0825. The number of Topliss-reactive ketones (excluding diaryl/α,β-unsaturated/α-hetero) is 1. The molecule has 5 nitrogen and oxygen atoms in total. The Morgan fingerprint density at radius 3 is 3.16 bits per heavy atom. The van der Waals surface area contributed by atoms with Crippen molar-refractivity contribution in [2.45, 2.75) is 42.0 Å². The first kappa shape index (κ1) is 15.1. The molecule has 0 radical (unpaired) electrons. The highest BCUT2D eigenvalue weighted by atomic mass is 79.9. The van der Waals surface area contributed by atoms with Gasteiger partial charge in [-0.2, -0.15) is 0 Å². The smallest absolute Gasteiger partial charge is 0.225 e. The SMILES string of the molecule is O=C1C2=C(C3NCCc4c[nH]c1c43)[C@]13C=C(Br)[C@@H](O)C[C@H]1S[C@@H](C3)N2. The second kappa shape index (κ2) is 4.82. The fourth-order valence-electron chi connectivity index (χ4n) is 5.42. The summed E-state index contributed by atoms with van der Waals surface area (Å²) in [5.74, 6) is 0.0946. The van der Waals surface area contributed by atoms with Crippen LogP contribution in [0.15, 0.2) is 28.0 Å². The summed E-state index contributed by atoms with van der Waals surface area (Å²) in [4.78, 5) is 16.4. The lowest BCUT2D eigenvalue weighted by atomic mass is 9.62. The number of carbonyl (C=O) groups is 1. The van der Waals surface area contributed by atoms with E-state index in [4.69, 9.17) is 0 Å². The fourth-order valence-corrected chi connectivity index (χ4v) is 7.80. The van der Waals surface area contributed by atoms with Gasteiger partial charge in [-0.1, -0.05) is 22.0 Å². The van der Waals surface area contributed by atoms with Crippen LogP contribution in [0, 0.1) is 5.41 Å². The summed E-state index contributed by atoms with van der Waals surface area (Å²) >= 11 is 5.46. The van der Waals surface area contributed by atoms with Crippen LogP contribution in [-0.2, 0) is 6.42 Å². The Hall–Kier alpha value is -1.02. The topological polar surface area (TPSA) is 77.2 Å². The molecule has 4 heterocycles. The number of aliphatic hydroxyl groups is 1. The number of fused-ring (bicyclic) bond motifs is 2. The number of rotatable bonds is 0. The molecule has 4 N–H and O–H groups in total. The van der Waals surface area contributed by atoms with E-state index in [0.29, 0.717) is 5.25 Å². The normalized spacial score (nSPS) is 40.9. The molecule has 5 aliphatic rings. The Kier molecular flexibility index (Phi) is 2.91. The van der Waals surface area contributed by atoms with E-state index >= 15 is 0 Å². The van der Waals surface area contributed by atoms with Crippen LogP contribution in [-0.4, -0.2) is 39.1 Å². The van der Waals surface area contributed by atoms with Crippen LogP contribution in [0.2, 0.25) is 0 Å². The average molecular weight is 420 g/mol. The van der Waals surface area contributed by atoms with Crippen molar-refractivity contribution in [2.75, 3.05) is 6.54 Å². The number of hydrogen-bond acceptors (Lipinski definition) is 5. The third-order valence-electron chi connectivity index (χ3n) is 6.43. The number of hydrogen-bond donors (Lipinski definition) is 4. The van der Waals surface area contributed by atoms with Crippen molar-refractivity contribution in [3.8, 4) is 0 Å². The Morgan fingerprint density at radius 2 is 2.28 bits per heavy atom. The van der Waals surface area contributed by atoms with Crippen molar-refractivity contribution < 1.29 is 9.90 Å². The number of aromatic amines is 1. The lowest BCUT2D eigenvalue weighted by Gasteiger charge is -2.47. The van der Waals surface area contributed by atoms with E-state index < -0.39 is 6.10 Å². The fraction of sp³-hybridized carbons (Fsp3) is 0.500. The van der Waals surface area contributed by atoms with Crippen molar-refractivity contribution in [1.29, 1.82) is 0 Å². The first-order chi connectivity index (χ1) is 12.1. The van der Waals surface area contributed by atoms with Gasteiger partial charge in [-0.3, -0.25) is 4.79 Å². The molecule has 130 valence electrons. The minimum absolute atomic E-state index is 0.0825. The van der Waals surface area contributed by atoms with Crippen LogP contribution < -0.4 is 10.6 Å². The highest BCUT2D eigenvalue weighted by Gasteiger charge is 2.59. The lowest BCUT2D eigenvalue weighted by Crippen LogP contribution is -2.50. The molecule has 3 aliphatic heterocycles. The number of ketones is 1. The van der Waals surface area contributed by atoms with E-state index in [0.717, 1.165) is 47.2 Å². The van der Waals surface area contributed by atoms with Crippen molar-refractivity contribution in [3.05, 3.63) is 44.8 Å². The summed E-state index contributed by atoms with van der Waals surface area (Å²) in [5, 5.41) is 18.1. The number of carbonyl (C=O) groups excluding carboxylic acids is 1. The Balaban J connectivity index is 1.62. The molecule has 0 saturated carbocycles. The third-order valence-corrected chi connectivity index (χ3v) is 8.75. The lowest BCUT2D eigenvalue weighted by molar-refractivity contribution is 0.0998. The molecule has 1 unspecified atom stereocenters. The van der Waals surface area contributed by atoms with Crippen LogP contribution in [0.3, 0.4) is 0 Å². The second-order valence-corrected chi connectivity index (χ2v) is 9.97. The molecule has 1 aromatic heterocycles. The minimum Gasteiger partial charge on any atom is -0.388 e. The molecule has 2 bridgehead atoms. The summed E-state index contributed by atoms with van der Waals surface area (Å²) in [5.41, 5.74) is 4.97. The molecule has 1 aromatic rings. The van der Waals surface area contributed by atoms with Crippen molar-refractivity contribution >= 4 is 33.5 Å². The number of thioether (sulfide) groups is 1. The van der Waals surface area contributed by atoms with Gasteiger partial charge in [0.1, 0.15) is 0 Å². The average Bonchev–Trinajstić information content (AvgIpc) is 3.13. The van der Waals surface area contributed by atoms with Crippen molar-refractivity contribution in [1.82, 2.24) is 15.6 Å². The zero-order valence-electron chi connectivity index (χ0n) is 13.4. The summed E-state index contributed by atoms with van der Waals surface area (Å²) < 4.78 is 0.863. The molecule has 6 rings (SSSR count). The Morgan fingerprint density at radius 1 is 1.40 bits per heavy atom. The van der Waals surface area contributed by atoms with Gasteiger partial charge >= 0.3 is 0 Å². The number of allylic oxidation sites excluding steroid dienone is 2. The van der Waals surface area contributed by atoms with E-state index in [1.807, 2.05) is 18.0 Å². The molecule has 1 fully saturated rings. The monoisotopic (exact) mass is 419 g/mol. The highest BCUT2D eigenvalue weighted by molar-refractivity contribution is 9.11. The predicted octanol–water partition coefficient (Wildman–Crippen LogP) is 2.12. The molecule has 1 saturated heterocycles. The molecule has 0 amide bonds. The summed E-state index contributed by atoms with van der Waals surface area (Å²) in [6.45, 7) is 0.921. The summed E-state index contributed by atoms with van der Waals surface area (Å²) in [7, 11) is 0. The highest BCUT2D eigenvalue weighted by Crippen LogP contribution is 2.63. The van der Waals surface area contributed by atoms with Gasteiger partial charge in [0.2, 0.25) is 5.78 Å². The second-order valence-electron chi connectivity index (χ2n) is 7.64. The van der Waals surface area contributed by atoms with Gasteiger partial charge in [-0.05, 0) is 30.4 Å². The molecular weight excluding hydrogens is 402 g/mol. The van der Waals surface area contributed by atoms with Crippen LogP contribution in [0.4, 0.5) is 0 Å². The van der Waals surface area contributed by atoms with Gasteiger partial charge in [0.25, 0.3) is 0 Å². The number of aliphatic hydroxyl groups excluding tert-OH is 1. The molecule has 25 heavy (non-hydrogen) atoms. The number of aromatic nitrogens is 1. The van der Waals surface area contributed by atoms with E-state index in [1.165, 1.54) is 11.1 Å². The predicted molar refractivity (Wildman–Crippen MR) is 99.6 cm³/mol. The maximum absolute atomic E-state index is 13.2. The molecule has 0 aromatic carbocycles. The standard InChI is InChI=1S/C18H18BrN3O2S/c19-8-4-18-5-11(25-10(18)3-9(8)23)22-16-13(18)14-12-7(1-2-20-14)6-21-15(12)17(16)24/h4,6,9-11,14,20-23H,1-3,5H2/t9-,10+,11-,14?,18-/m0/s1. The van der Waals surface area contributed by atoms with Gasteiger partial charge in [0, 0.05) is 33.5 Å². The first-order valence-electron chi connectivity index (χ1n) is 8.79. The number of nitrogens with one attached hydrogen (secondary N) is 3. The maximum atomic E-state index is 13.2. The van der Waals surface area contributed by atoms with E-state index in [2.05, 4.69) is 37.6 Å². The van der Waals surface area contributed by atoms with Crippen molar-refractivity contribution in [2.24, 2.45) is 5.41 Å². The quantitative estimate of drug-likeness (QED) is 0.518. The zero-order valence-corrected chi connectivity index (χ0v) is 15.8. The van der Waals surface area contributed by atoms with Crippen LogP contribution in [0.25, 0.3) is 0 Å². The van der Waals surface area contributed by atoms with Crippen molar-refractivity contribution in [3.63, 3.8) is 0 Å². The zero-order chi connectivity index (χ0) is 16.9. The molecular formula is C18H18BrN3O2S. The van der Waals surface area contributed by atoms with Crippen LogP contribution in [0.5, 0.6) is 0 Å². The van der Waals surface area contributed by atoms with Crippen LogP contribution in [0.1, 0.15) is 40.5 Å². The molecule has 5 atom stereocenters. The number of H-pyrrole nitrogens is 1. The Bertz CT molecular complexity index is 891. The minimum atomic E-state index is -0.441. The van der Waals surface area contributed by atoms with Gasteiger partial charge in [0.15, 0.2) is 0 Å². The summed E-state index contributed by atoms with van der Waals surface area (Å²) in [6.07, 6.45) is 6.43.